The zero-order chi connectivity index (χ0) is 17.2. The van der Waals surface area contributed by atoms with E-state index in [4.69, 9.17) is 9.47 Å². The Balaban J connectivity index is 0.00000225. The number of carbonyl (C=O) groups excluding carboxylic acids is 1. The first kappa shape index (κ1) is 19.8. The first-order valence-electron chi connectivity index (χ1n) is 7.99. The summed E-state index contributed by atoms with van der Waals surface area (Å²) in [6.07, 6.45) is 1.72. The molecule has 1 saturated heterocycles. The molecule has 7 nitrogen and oxygen atoms in total. The number of ether oxygens (including phenoxy) is 2. The van der Waals surface area contributed by atoms with Crippen LogP contribution in [0, 0.1) is 0 Å². The lowest BCUT2D eigenvalue weighted by atomic mass is 9.95. The maximum absolute atomic E-state index is 12.7. The summed E-state index contributed by atoms with van der Waals surface area (Å²) >= 11 is 0. The first-order chi connectivity index (χ1) is 11.4. The van der Waals surface area contributed by atoms with E-state index in [2.05, 4.69) is 10.6 Å². The highest BCUT2D eigenvalue weighted by atomic mass is 35.5. The summed E-state index contributed by atoms with van der Waals surface area (Å²) in [5.41, 5.74) is 0.838. The third-order valence-electron chi connectivity index (χ3n) is 4.59. The van der Waals surface area contributed by atoms with Gasteiger partial charge < -0.3 is 20.1 Å². The van der Waals surface area contributed by atoms with E-state index in [1.165, 1.54) is 0 Å². The molecule has 0 unspecified atom stereocenters. The summed E-state index contributed by atoms with van der Waals surface area (Å²) in [6.45, 7) is 2.30. The van der Waals surface area contributed by atoms with Gasteiger partial charge in [0.15, 0.2) is 26.1 Å². The summed E-state index contributed by atoms with van der Waals surface area (Å²) < 4.78 is 34.1. The lowest BCUT2D eigenvalue weighted by Crippen LogP contribution is -2.57. The minimum atomic E-state index is -3.50. The number of hydrogen-bond donors (Lipinski definition) is 2. The molecule has 3 rings (SSSR count). The number of amides is 1. The molecule has 2 heterocycles. The van der Waals surface area contributed by atoms with Gasteiger partial charge in [-0.2, -0.15) is 0 Å². The van der Waals surface area contributed by atoms with E-state index in [-0.39, 0.29) is 19.0 Å². The molecule has 0 atom stereocenters. The second kappa shape index (κ2) is 7.80. The molecule has 140 valence electrons. The Hall–Kier alpha value is -1.51. The maximum atomic E-state index is 12.7. The van der Waals surface area contributed by atoms with Crippen LogP contribution >= 0.6 is 12.4 Å². The van der Waals surface area contributed by atoms with Crippen LogP contribution in [0.25, 0.3) is 0 Å². The van der Waals surface area contributed by atoms with Gasteiger partial charge in [0.1, 0.15) is 13.2 Å². The number of halogens is 1. The van der Waals surface area contributed by atoms with Gasteiger partial charge >= 0.3 is 0 Å². The first-order valence-corrected chi connectivity index (χ1v) is 9.89. The molecule has 2 N–H and O–H groups in total. The average Bonchev–Trinajstić information content (AvgIpc) is 2.59. The quantitative estimate of drug-likeness (QED) is 0.784. The third kappa shape index (κ3) is 4.02. The van der Waals surface area contributed by atoms with Gasteiger partial charge in [-0.05, 0) is 43.6 Å². The number of piperidine rings is 1. The van der Waals surface area contributed by atoms with Crippen molar-refractivity contribution >= 4 is 28.2 Å². The van der Waals surface area contributed by atoms with Gasteiger partial charge in [-0.3, -0.25) is 4.79 Å². The zero-order valence-corrected chi connectivity index (χ0v) is 15.7. The van der Waals surface area contributed by atoms with E-state index < -0.39 is 20.5 Å². The van der Waals surface area contributed by atoms with Crippen LogP contribution in [0.1, 0.15) is 18.4 Å². The molecule has 1 aromatic carbocycles. The summed E-state index contributed by atoms with van der Waals surface area (Å²) in [5.74, 6) is 0.899. The van der Waals surface area contributed by atoms with Gasteiger partial charge in [-0.1, -0.05) is 6.07 Å². The summed E-state index contributed by atoms with van der Waals surface area (Å²) in [6, 6.07) is 5.44. The van der Waals surface area contributed by atoms with Crippen molar-refractivity contribution in [1.29, 1.82) is 0 Å². The molecule has 0 radical (unpaired) electrons. The molecule has 0 bridgehead atoms. The molecule has 0 aliphatic carbocycles. The van der Waals surface area contributed by atoms with Crippen LogP contribution in [0.4, 0.5) is 0 Å². The molecule has 1 aromatic rings. The van der Waals surface area contributed by atoms with Gasteiger partial charge in [0.25, 0.3) is 0 Å². The Bertz CT molecular complexity index is 732. The number of nitrogens with one attached hydrogen (secondary N) is 2. The highest BCUT2D eigenvalue weighted by Crippen LogP contribution is 2.31. The SMILES string of the molecule is CS(=O)(=O)C1(C(=O)NCc2ccc3c(c2)OCCO3)CCNCC1.Cl. The van der Waals surface area contributed by atoms with Crippen LogP contribution in [-0.4, -0.2) is 51.6 Å². The fourth-order valence-corrected chi connectivity index (χ4v) is 4.49. The van der Waals surface area contributed by atoms with Crippen molar-refractivity contribution in [2.45, 2.75) is 24.1 Å². The van der Waals surface area contributed by atoms with Crippen LogP contribution in [0.15, 0.2) is 18.2 Å². The second-order valence-corrected chi connectivity index (χ2v) is 8.50. The minimum absolute atomic E-state index is 0. The van der Waals surface area contributed by atoms with Crippen molar-refractivity contribution in [2.24, 2.45) is 0 Å². The van der Waals surface area contributed by atoms with Crippen molar-refractivity contribution in [3.8, 4) is 11.5 Å². The number of hydrogen-bond acceptors (Lipinski definition) is 6. The van der Waals surface area contributed by atoms with Crippen molar-refractivity contribution in [1.82, 2.24) is 10.6 Å². The lowest BCUT2D eigenvalue weighted by molar-refractivity contribution is -0.124. The molecule has 0 aromatic heterocycles. The Morgan fingerprint density at radius 3 is 2.48 bits per heavy atom. The average molecular weight is 391 g/mol. The normalized spacial score (nSPS) is 18.8. The molecule has 1 fully saturated rings. The van der Waals surface area contributed by atoms with E-state index in [0.717, 1.165) is 11.8 Å². The number of sulfone groups is 1. The van der Waals surface area contributed by atoms with E-state index >= 15 is 0 Å². The van der Waals surface area contributed by atoms with Crippen LogP contribution in [0.3, 0.4) is 0 Å². The number of carbonyl (C=O) groups is 1. The maximum Gasteiger partial charge on any atom is 0.241 e. The highest BCUT2D eigenvalue weighted by molar-refractivity contribution is 7.92. The van der Waals surface area contributed by atoms with E-state index in [1.54, 1.807) is 6.07 Å². The molecule has 0 spiro atoms. The topological polar surface area (TPSA) is 93.7 Å². The smallest absolute Gasteiger partial charge is 0.241 e. The molecule has 9 heteroatoms. The number of benzene rings is 1. The van der Waals surface area contributed by atoms with Gasteiger partial charge in [0.05, 0.1) is 0 Å². The van der Waals surface area contributed by atoms with Crippen molar-refractivity contribution in [3.63, 3.8) is 0 Å². The van der Waals surface area contributed by atoms with Crippen molar-refractivity contribution in [2.75, 3.05) is 32.6 Å². The van der Waals surface area contributed by atoms with E-state index in [1.807, 2.05) is 12.1 Å². The van der Waals surface area contributed by atoms with Gasteiger partial charge in [-0.25, -0.2) is 8.42 Å². The monoisotopic (exact) mass is 390 g/mol. The van der Waals surface area contributed by atoms with Crippen molar-refractivity contribution in [3.05, 3.63) is 23.8 Å². The van der Waals surface area contributed by atoms with Gasteiger partial charge in [0, 0.05) is 12.8 Å². The third-order valence-corrected chi connectivity index (χ3v) is 6.61. The summed E-state index contributed by atoms with van der Waals surface area (Å²) in [7, 11) is -3.50. The Morgan fingerprint density at radius 2 is 1.84 bits per heavy atom. The Labute approximate surface area is 153 Å². The van der Waals surface area contributed by atoms with Crippen molar-refractivity contribution < 1.29 is 22.7 Å². The van der Waals surface area contributed by atoms with Gasteiger partial charge in [-0.15, -0.1) is 12.4 Å². The van der Waals surface area contributed by atoms with Gasteiger partial charge in [0.2, 0.25) is 5.91 Å². The fraction of sp³-hybridized carbons (Fsp3) is 0.562. The van der Waals surface area contributed by atoms with Crippen LogP contribution in [0.5, 0.6) is 11.5 Å². The summed E-state index contributed by atoms with van der Waals surface area (Å²) in [4.78, 5) is 12.7. The summed E-state index contributed by atoms with van der Waals surface area (Å²) in [5, 5.41) is 5.88. The van der Waals surface area contributed by atoms with E-state index in [9.17, 15) is 13.2 Å². The van der Waals surface area contributed by atoms with Crippen LogP contribution in [-0.2, 0) is 21.2 Å². The molecular weight excluding hydrogens is 368 g/mol. The molecule has 2 aliphatic heterocycles. The molecule has 25 heavy (non-hydrogen) atoms. The highest BCUT2D eigenvalue weighted by Gasteiger charge is 2.48. The standard InChI is InChI=1S/C16H22N2O5S.ClH/c1-24(20,21)16(4-6-17-7-5-16)15(19)18-11-12-2-3-13-14(10-12)23-9-8-22-13;/h2-3,10,17H,4-9,11H2,1H3,(H,18,19);1H. The molecule has 0 saturated carbocycles. The van der Waals surface area contributed by atoms with Crippen LogP contribution in [0.2, 0.25) is 0 Å². The minimum Gasteiger partial charge on any atom is -0.486 e. The fourth-order valence-electron chi connectivity index (χ4n) is 3.14. The largest absolute Gasteiger partial charge is 0.486 e. The predicted molar refractivity (Wildman–Crippen MR) is 96.2 cm³/mol. The Kier molecular flexibility index (Phi) is 6.18. The Morgan fingerprint density at radius 1 is 1.20 bits per heavy atom. The predicted octanol–water partition coefficient (Wildman–Crippen LogP) is 0.663. The zero-order valence-electron chi connectivity index (χ0n) is 14.0. The van der Waals surface area contributed by atoms with E-state index in [0.29, 0.717) is 50.6 Å². The number of rotatable bonds is 4. The van der Waals surface area contributed by atoms with Crippen LogP contribution < -0.4 is 20.1 Å². The number of fused-ring (bicyclic) bond motifs is 1. The lowest BCUT2D eigenvalue weighted by Gasteiger charge is -2.34. The molecule has 2 aliphatic rings. The second-order valence-electron chi connectivity index (χ2n) is 6.18. The molecular formula is C16H23ClN2O5S. The molecule has 1 amide bonds.